The lowest BCUT2D eigenvalue weighted by Gasteiger charge is -2.36. The summed E-state index contributed by atoms with van der Waals surface area (Å²) in [5, 5.41) is 2.68. The second-order valence-corrected chi connectivity index (χ2v) is 6.87. The van der Waals surface area contributed by atoms with E-state index >= 15 is 0 Å². The van der Waals surface area contributed by atoms with Gasteiger partial charge in [-0.25, -0.2) is 9.97 Å². The Hall–Kier alpha value is -3.68. The number of carbonyl (C=O) groups excluding carboxylic acids is 1. The van der Waals surface area contributed by atoms with Crippen LogP contribution in [0.1, 0.15) is 10.4 Å². The monoisotopic (exact) mass is 390 g/mol. The zero-order chi connectivity index (χ0) is 20.2. The molecule has 148 valence electrons. The van der Waals surface area contributed by atoms with Gasteiger partial charge in [-0.15, -0.1) is 0 Å². The smallest absolute Gasteiger partial charge is 0.263 e. The fourth-order valence-corrected chi connectivity index (χ4v) is 3.32. The quantitative estimate of drug-likeness (QED) is 0.731. The van der Waals surface area contributed by atoms with Gasteiger partial charge in [0.15, 0.2) is 0 Å². The maximum Gasteiger partial charge on any atom is 0.263 e. The molecule has 1 amide bonds. The van der Waals surface area contributed by atoms with Crippen molar-refractivity contribution in [3.63, 3.8) is 0 Å². The van der Waals surface area contributed by atoms with Gasteiger partial charge >= 0.3 is 0 Å². The van der Waals surface area contributed by atoms with Gasteiger partial charge in [-0.05, 0) is 24.3 Å². The number of benzene rings is 1. The Bertz CT molecular complexity index is 1040. The highest BCUT2D eigenvalue weighted by molar-refractivity contribution is 6.03. The van der Waals surface area contributed by atoms with E-state index in [2.05, 4.69) is 37.2 Å². The van der Waals surface area contributed by atoms with E-state index in [0.29, 0.717) is 11.6 Å². The minimum Gasteiger partial charge on any atom is -0.368 e. The first-order valence-electron chi connectivity index (χ1n) is 9.46. The van der Waals surface area contributed by atoms with E-state index < -0.39 is 5.91 Å². The lowest BCUT2D eigenvalue weighted by atomic mass is 10.2. The zero-order valence-corrected chi connectivity index (χ0v) is 16.2. The molecular formula is C21H22N6O2. The summed E-state index contributed by atoms with van der Waals surface area (Å²) in [7, 11) is 1.61. The van der Waals surface area contributed by atoms with Crippen LogP contribution in [0, 0.1) is 0 Å². The van der Waals surface area contributed by atoms with Crippen molar-refractivity contribution < 1.29 is 4.79 Å². The fraction of sp³-hybridized carbons (Fsp3) is 0.238. The SMILES string of the molecule is Cn1cccc(C(=O)Nc2cnc(N3CCN(c4ccccc4)CC3)nc2)c1=O. The van der Waals surface area contributed by atoms with Crippen molar-refractivity contribution in [3.05, 3.63) is 77.0 Å². The van der Waals surface area contributed by atoms with Gasteiger partial charge in [-0.3, -0.25) is 9.59 Å². The Morgan fingerprint density at radius 1 is 0.931 bits per heavy atom. The average molecular weight is 390 g/mol. The molecule has 0 bridgehead atoms. The van der Waals surface area contributed by atoms with Crippen LogP contribution >= 0.6 is 0 Å². The number of nitrogens with zero attached hydrogens (tertiary/aromatic N) is 5. The van der Waals surface area contributed by atoms with Crippen LogP contribution in [0.25, 0.3) is 0 Å². The number of aromatic nitrogens is 3. The molecule has 0 atom stereocenters. The molecule has 3 heterocycles. The minimum atomic E-state index is -0.473. The van der Waals surface area contributed by atoms with E-state index in [0.717, 1.165) is 26.2 Å². The van der Waals surface area contributed by atoms with Crippen molar-refractivity contribution in [1.29, 1.82) is 0 Å². The number of piperazine rings is 1. The maximum atomic E-state index is 12.3. The van der Waals surface area contributed by atoms with Crippen LogP contribution in [0.5, 0.6) is 0 Å². The van der Waals surface area contributed by atoms with E-state index in [1.165, 1.54) is 16.3 Å². The highest BCUT2D eigenvalue weighted by Crippen LogP contribution is 2.18. The molecule has 8 nitrogen and oxygen atoms in total. The fourth-order valence-electron chi connectivity index (χ4n) is 3.32. The predicted molar refractivity (Wildman–Crippen MR) is 113 cm³/mol. The number of rotatable bonds is 4. The normalized spacial score (nSPS) is 14.0. The molecule has 2 aromatic heterocycles. The topological polar surface area (TPSA) is 83.4 Å². The Balaban J connectivity index is 1.38. The Morgan fingerprint density at radius 2 is 1.59 bits per heavy atom. The number of anilines is 3. The summed E-state index contributed by atoms with van der Waals surface area (Å²) >= 11 is 0. The lowest BCUT2D eigenvalue weighted by Crippen LogP contribution is -2.47. The molecule has 1 fully saturated rings. The third-order valence-corrected chi connectivity index (χ3v) is 4.95. The molecule has 8 heteroatoms. The molecule has 3 aromatic rings. The van der Waals surface area contributed by atoms with Crippen LogP contribution in [-0.2, 0) is 7.05 Å². The summed E-state index contributed by atoms with van der Waals surface area (Å²) in [6, 6.07) is 13.5. The number of hydrogen-bond acceptors (Lipinski definition) is 6. The molecule has 1 N–H and O–H groups in total. The van der Waals surface area contributed by atoms with Crippen molar-refractivity contribution in [1.82, 2.24) is 14.5 Å². The number of amides is 1. The first-order valence-corrected chi connectivity index (χ1v) is 9.46. The molecule has 0 unspecified atom stereocenters. The minimum absolute atomic E-state index is 0.0797. The summed E-state index contributed by atoms with van der Waals surface area (Å²) in [5.41, 5.74) is 1.40. The van der Waals surface area contributed by atoms with E-state index in [1.807, 2.05) is 18.2 Å². The number of pyridine rings is 1. The van der Waals surface area contributed by atoms with Crippen molar-refractivity contribution in [2.75, 3.05) is 41.3 Å². The van der Waals surface area contributed by atoms with Crippen LogP contribution < -0.4 is 20.7 Å². The van der Waals surface area contributed by atoms with Crippen molar-refractivity contribution in [3.8, 4) is 0 Å². The van der Waals surface area contributed by atoms with Gasteiger partial charge < -0.3 is 19.7 Å². The summed E-state index contributed by atoms with van der Waals surface area (Å²) in [5.74, 6) is 0.158. The van der Waals surface area contributed by atoms with Crippen molar-refractivity contribution >= 4 is 23.2 Å². The van der Waals surface area contributed by atoms with Crippen LogP contribution in [-0.4, -0.2) is 46.6 Å². The zero-order valence-electron chi connectivity index (χ0n) is 16.2. The number of aryl methyl sites for hydroxylation is 1. The standard InChI is InChI=1S/C21H22N6O2/c1-25-9-5-8-18(20(25)29)19(28)24-16-14-22-21(23-15-16)27-12-10-26(11-13-27)17-6-3-2-4-7-17/h2-9,14-15H,10-13H2,1H3,(H,24,28). The van der Waals surface area contributed by atoms with Gasteiger partial charge in [-0.2, -0.15) is 0 Å². The van der Waals surface area contributed by atoms with Crippen LogP contribution in [0.4, 0.5) is 17.3 Å². The maximum absolute atomic E-state index is 12.3. The van der Waals surface area contributed by atoms with Crippen LogP contribution in [0.2, 0.25) is 0 Å². The average Bonchev–Trinajstić information content (AvgIpc) is 2.77. The van der Waals surface area contributed by atoms with Gasteiger partial charge in [0.25, 0.3) is 11.5 Å². The van der Waals surface area contributed by atoms with Gasteiger partial charge in [0.05, 0.1) is 18.1 Å². The molecule has 1 aromatic carbocycles. The molecule has 1 saturated heterocycles. The van der Waals surface area contributed by atoms with Gasteiger partial charge in [0.2, 0.25) is 5.95 Å². The van der Waals surface area contributed by atoms with E-state index in [9.17, 15) is 9.59 Å². The molecular weight excluding hydrogens is 368 g/mol. The lowest BCUT2D eigenvalue weighted by molar-refractivity contribution is 0.102. The molecule has 4 rings (SSSR count). The van der Waals surface area contributed by atoms with Gasteiger partial charge in [0, 0.05) is 45.1 Å². The third kappa shape index (κ3) is 4.11. The van der Waals surface area contributed by atoms with Crippen LogP contribution in [0.15, 0.2) is 65.8 Å². The van der Waals surface area contributed by atoms with Crippen molar-refractivity contribution in [2.45, 2.75) is 0 Å². The third-order valence-electron chi connectivity index (χ3n) is 4.95. The highest BCUT2D eigenvalue weighted by Gasteiger charge is 2.19. The molecule has 0 aliphatic carbocycles. The number of hydrogen-bond donors (Lipinski definition) is 1. The first-order chi connectivity index (χ1) is 14.1. The number of carbonyl (C=O) groups is 1. The Labute approximate surface area is 168 Å². The molecule has 1 aliphatic heterocycles. The highest BCUT2D eigenvalue weighted by atomic mass is 16.2. The molecule has 29 heavy (non-hydrogen) atoms. The molecule has 0 radical (unpaired) electrons. The van der Waals surface area contributed by atoms with Gasteiger partial charge in [-0.1, -0.05) is 18.2 Å². The van der Waals surface area contributed by atoms with E-state index in [4.69, 9.17) is 0 Å². The molecule has 0 spiro atoms. The van der Waals surface area contributed by atoms with E-state index in [1.54, 1.807) is 31.7 Å². The second-order valence-electron chi connectivity index (χ2n) is 6.87. The van der Waals surface area contributed by atoms with Gasteiger partial charge in [0.1, 0.15) is 5.56 Å². The van der Waals surface area contributed by atoms with Crippen LogP contribution in [0.3, 0.4) is 0 Å². The summed E-state index contributed by atoms with van der Waals surface area (Å²) < 4.78 is 1.36. The Morgan fingerprint density at radius 3 is 2.28 bits per heavy atom. The number of nitrogens with one attached hydrogen (secondary N) is 1. The summed E-state index contributed by atoms with van der Waals surface area (Å²) in [6.07, 6.45) is 4.74. The van der Waals surface area contributed by atoms with E-state index in [-0.39, 0.29) is 11.1 Å². The molecule has 0 saturated carbocycles. The Kier molecular flexibility index (Phi) is 5.24. The molecule has 1 aliphatic rings. The number of para-hydroxylation sites is 1. The largest absolute Gasteiger partial charge is 0.368 e. The summed E-state index contributed by atoms with van der Waals surface area (Å²) in [6.45, 7) is 3.42. The summed E-state index contributed by atoms with van der Waals surface area (Å²) in [4.78, 5) is 37.6. The first kappa shape index (κ1) is 18.7. The predicted octanol–water partition coefficient (Wildman–Crippen LogP) is 1.75. The van der Waals surface area contributed by atoms with Crippen molar-refractivity contribution in [2.24, 2.45) is 7.05 Å². The second kappa shape index (κ2) is 8.14.